The van der Waals surface area contributed by atoms with Crippen molar-refractivity contribution in [1.29, 1.82) is 0 Å². The third kappa shape index (κ3) is 3.81. The van der Waals surface area contributed by atoms with Gasteiger partial charge in [0.25, 0.3) is 0 Å². The van der Waals surface area contributed by atoms with Crippen molar-refractivity contribution in [2.45, 2.75) is 18.2 Å². The maximum absolute atomic E-state index is 12.0. The molecule has 0 atom stereocenters. The fourth-order valence-corrected chi connectivity index (χ4v) is 2.37. The molecule has 0 aliphatic carbocycles. The van der Waals surface area contributed by atoms with Crippen molar-refractivity contribution < 1.29 is 9.21 Å². The van der Waals surface area contributed by atoms with Gasteiger partial charge >= 0.3 is 0 Å². The largest absolute Gasteiger partial charge is 0.467 e. The van der Waals surface area contributed by atoms with Crippen molar-refractivity contribution in [2.24, 2.45) is 5.73 Å². The highest BCUT2D eigenvalue weighted by Crippen LogP contribution is 2.14. The van der Waals surface area contributed by atoms with E-state index >= 15 is 0 Å². The Morgan fingerprint density at radius 1 is 1.60 bits per heavy atom. The number of carbonyl (C=O) groups is 1. The third-order valence-electron chi connectivity index (χ3n) is 2.56. The Hall–Kier alpha value is -1.87. The van der Waals surface area contributed by atoms with Crippen LogP contribution in [-0.4, -0.2) is 50.4 Å². The Morgan fingerprint density at radius 2 is 2.45 bits per heavy atom. The molecule has 0 spiro atoms. The third-order valence-corrected chi connectivity index (χ3v) is 3.51. The second kappa shape index (κ2) is 7.06. The van der Waals surface area contributed by atoms with Gasteiger partial charge in [-0.3, -0.25) is 4.79 Å². The van der Waals surface area contributed by atoms with Gasteiger partial charge in [-0.25, -0.2) is 4.68 Å². The summed E-state index contributed by atoms with van der Waals surface area (Å²) in [6.45, 7) is 1.43. The molecule has 0 aliphatic heterocycles. The monoisotopic (exact) mass is 296 g/mol. The minimum absolute atomic E-state index is 0.0197. The summed E-state index contributed by atoms with van der Waals surface area (Å²) in [5.74, 6) is 0.995. The molecular weight excluding hydrogens is 280 g/mol. The molecule has 9 heteroatoms. The highest BCUT2D eigenvalue weighted by molar-refractivity contribution is 7.99. The van der Waals surface area contributed by atoms with Gasteiger partial charge in [-0.2, -0.15) is 0 Å². The lowest BCUT2D eigenvalue weighted by molar-refractivity contribution is -0.127. The summed E-state index contributed by atoms with van der Waals surface area (Å²) in [6, 6.07) is 3.63. The molecule has 0 fully saturated rings. The molecule has 2 aromatic heterocycles. The molecule has 0 aliphatic rings. The van der Waals surface area contributed by atoms with Gasteiger partial charge in [0.05, 0.1) is 25.1 Å². The van der Waals surface area contributed by atoms with Crippen LogP contribution in [0.4, 0.5) is 0 Å². The Labute approximate surface area is 120 Å². The van der Waals surface area contributed by atoms with E-state index in [1.165, 1.54) is 11.8 Å². The standard InChI is InChI=1S/C11H16N6O2S/c1-16(7-9-3-2-6-19-9)10(18)8-20-11-13-14-15-17(11)5-4-12/h2-3,6H,4-5,7-8,12H2,1H3. The summed E-state index contributed by atoms with van der Waals surface area (Å²) in [5.41, 5.74) is 5.46. The van der Waals surface area contributed by atoms with Gasteiger partial charge in [0.1, 0.15) is 5.76 Å². The first-order valence-electron chi connectivity index (χ1n) is 6.06. The SMILES string of the molecule is CN(Cc1ccco1)C(=O)CSc1nnnn1CCN. The number of aromatic nitrogens is 4. The fourth-order valence-electron chi connectivity index (χ4n) is 1.52. The van der Waals surface area contributed by atoms with Crippen LogP contribution in [0.5, 0.6) is 0 Å². The predicted octanol–water partition coefficient (Wildman–Crippen LogP) is -0.0245. The summed E-state index contributed by atoms with van der Waals surface area (Å²) < 4.78 is 6.79. The Balaban J connectivity index is 1.83. The number of furan rings is 1. The smallest absolute Gasteiger partial charge is 0.233 e. The Bertz CT molecular complexity index is 541. The lowest BCUT2D eigenvalue weighted by atomic mass is 10.4. The molecule has 2 N–H and O–H groups in total. The zero-order chi connectivity index (χ0) is 14.4. The van der Waals surface area contributed by atoms with Gasteiger partial charge in [0.15, 0.2) is 0 Å². The highest BCUT2D eigenvalue weighted by Gasteiger charge is 2.14. The van der Waals surface area contributed by atoms with Crippen molar-refractivity contribution in [2.75, 3.05) is 19.3 Å². The van der Waals surface area contributed by atoms with Crippen LogP contribution in [0, 0.1) is 0 Å². The molecule has 0 unspecified atom stereocenters. The number of nitrogens with two attached hydrogens (primary N) is 1. The topological polar surface area (TPSA) is 103 Å². The van der Waals surface area contributed by atoms with E-state index in [9.17, 15) is 4.79 Å². The van der Waals surface area contributed by atoms with Crippen LogP contribution >= 0.6 is 11.8 Å². The second-order valence-corrected chi connectivity index (χ2v) is 5.03. The molecule has 0 saturated heterocycles. The summed E-state index contributed by atoms with van der Waals surface area (Å²) in [5, 5.41) is 11.8. The van der Waals surface area contributed by atoms with Crippen molar-refractivity contribution in [3.05, 3.63) is 24.2 Å². The van der Waals surface area contributed by atoms with Crippen molar-refractivity contribution in [1.82, 2.24) is 25.1 Å². The van der Waals surface area contributed by atoms with E-state index in [0.717, 1.165) is 5.76 Å². The minimum Gasteiger partial charge on any atom is -0.467 e. The molecule has 0 saturated carbocycles. The minimum atomic E-state index is -0.0197. The van der Waals surface area contributed by atoms with E-state index < -0.39 is 0 Å². The molecule has 108 valence electrons. The van der Waals surface area contributed by atoms with E-state index in [1.807, 2.05) is 6.07 Å². The van der Waals surface area contributed by atoms with Gasteiger partial charge in [0, 0.05) is 13.6 Å². The van der Waals surface area contributed by atoms with Crippen LogP contribution in [0.3, 0.4) is 0 Å². The molecule has 0 bridgehead atoms. The van der Waals surface area contributed by atoms with Gasteiger partial charge in [-0.1, -0.05) is 11.8 Å². The van der Waals surface area contributed by atoms with Crippen LogP contribution < -0.4 is 5.73 Å². The van der Waals surface area contributed by atoms with E-state index in [4.69, 9.17) is 10.2 Å². The van der Waals surface area contributed by atoms with Crippen molar-refractivity contribution in [3.8, 4) is 0 Å². The molecule has 2 aromatic rings. The lowest BCUT2D eigenvalue weighted by Gasteiger charge is -2.15. The quantitative estimate of drug-likeness (QED) is 0.716. The molecule has 20 heavy (non-hydrogen) atoms. The average molecular weight is 296 g/mol. The summed E-state index contributed by atoms with van der Waals surface area (Å²) in [7, 11) is 1.73. The average Bonchev–Trinajstić information content (AvgIpc) is 3.08. The predicted molar refractivity (Wildman–Crippen MR) is 72.8 cm³/mol. The molecule has 8 nitrogen and oxygen atoms in total. The van der Waals surface area contributed by atoms with E-state index in [0.29, 0.717) is 24.8 Å². The number of tetrazole rings is 1. The highest BCUT2D eigenvalue weighted by atomic mass is 32.2. The van der Waals surface area contributed by atoms with Gasteiger partial charge in [0.2, 0.25) is 11.1 Å². The fraction of sp³-hybridized carbons (Fsp3) is 0.455. The van der Waals surface area contributed by atoms with E-state index in [-0.39, 0.29) is 11.7 Å². The number of hydrogen-bond acceptors (Lipinski definition) is 7. The molecule has 2 rings (SSSR count). The Morgan fingerprint density at radius 3 is 3.15 bits per heavy atom. The summed E-state index contributed by atoms with van der Waals surface area (Å²) in [6.07, 6.45) is 1.59. The number of nitrogens with zero attached hydrogens (tertiary/aromatic N) is 5. The maximum Gasteiger partial charge on any atom is 0.233 e. The van der Waals surface area contributed by atoms with Gasteiger partial charge in [-0.05, 0) is 22.6 Å². The normalized spacial score (nSPS) is 10.7. The Kier molecular flexibility index (Phi) is 5.13. The van der Waals surface area contributed by atoms with Crippen LogP contribution in [0.25, 0.3) is 0 Å². The molecule has 0 aromatic carbocycles. The molecule has 1 amide bonds. The number of thioether (sulfide) groups is 1. The molecule has 0 radical (unpaired) electrons. The maximum atomic E-state index is 12.0. The number of rotatable bonds is 7. The van der Waals surface area contributed by atoms with Gasteiger partial charge < -0.3 is 15.1 Å². The first-order chi connectivity index (χ1) is 9.70. The van der Waals surface area contributed by atoms with Gasteiger partial charge in [-0.15, -0.1) is 5.10 Å². The first-order valence-corrected chi connectivity index (χ1v) is 7.04. The lowest BCUT2D eigenvalue weighted by Crippen LogP contribution is -2.27. The zero-order valence-corrected chi connectivity index (χ0v) is 11.9. The number of amides is 1. The van der Waals surface area contributed by atoms with E-state index in [1.54, 1.807) is 29.0 Å². The number of carbonyl (C=O) groups excluding carboxylic acids is 1. The van der Waals surface area contributed by atoms with Crippen LogP contribution in [0.2, 0.25) is 0 Å². The van der Waals surface area contributed by atoms with Crippen LogP contribution in [0.1, 0.15) is 5.76 Å². The van der Waals surface area contributed by atoms with Crippen LogP contribution in [0.15, 0.2) is 28.0 Å². The van der Waals surface area contributed by atoms with Crippen molar-refractivity contribution >= 4 is 17.7 Å². The summed E-state index contributed by atoms with van der Waals surface area (Å²) in [4.78, 5) is 13.6. The second-order valence-electron chi connectivity index (χ2n) is 4.09. The van der Waals surface area contributed by atoms with E-state index in [2.05, 4.69) is 15.5 Å². The number of hydrogen-bond donors (Lipinski definition) is 1. The summed E-state index contributed by atoms with van der Waals surface area (Å²) >= 11 is 1.29. The van der Waals surface area contributed by atoms with Crippen molar-refractivity contribution in [3.63, 3.8) is 0 Å². The first kappa shape index (κ1) is 14.5. The molecule has 2 heterocycles. The zero-order valence-electron chi connectivity index (χ0n) is 11.1. The van der Waals surface area contributed by atoms with Crippen LogP contribution in [-0.2, 0) is 17.9 Å². The molecular formula is C11H16N6O2S.